The van der Waals surface area contributed by atoms with Crippen molar-refractivity contribution in [3.05, 3.63) is 56.7 Å². The zero-order valence-electron chi connectivity index (χ0n) is 13.6. The average molecular weight is 348 g/mol. The van der Waals surface area contributed by atoms with Gasteiger partial charge in [0.1, 0.15) is 5.01 Å². The van der Waals surface area contributed by atoms with E-state index in [1.165, 1.54) is 35.1 Å². The standard InChI is InChI=1S/C16H17FN4O2S/c1-10-6-15(22)21-16(18-10)24-14(19-21)9-20(2)8-11-4-5-13(23-3)12(17)7-11/h4-7H,8-9H2,1-3H3. The maximum Gasteiger partial charge on any atom is 0.275 e. The van der Waals surface area contributed by atoms with E-state index in [-0.39, 0.29) is 17.1 Å². The molecule has 0 aliphatic carbocycles. The minimum atomic E-state index is -0.380. The third kappa shape index (κ3) is 3.44. The quantitative estimate of drug-likeness (QED) is 0.708. The Kier molecular flexibility index (Phi) is 4.59. The van der Waals surface area contributed by atoms with Crippen LogP contribution in [0.3, 0.4) is 0 Å². The highest BCUT2D eigenvalue weighted by molar-refractivity contribution is 7.16. The number of methoxy groups -OCH3 is 1. The number of aryl methyl sites for hydroxylation is 1. The summed E-state index contributed by atoms with van der Waals surface area (Å²) >= 11 is 1.38. The molecule has 0 saturated heterocycles. The molecule has 0 unspecified atom stereocenters. The number of halogens is 1. The molecule has 0 aliphatic rings. The summed E-state index contributed by atoms with van der Waals surface area (Å²) in [7, 11) is 3.35. The summed E-state index contributed by atoms with van der Waals surface area (Å²) in [6, 6.07) is 6.36. The minimum absolute atomic E-state index is 0.181. The highest BCUT2D eigenvalue weighted by Gasteiger charge is 2.11. The molecule has 2 heterocycles. The summed E-state index contributed by atoms with van der Waals surface area (Å²) < 4.78 is 20.0. The molecule has 2 aromatic heterocycles. The maximum atomic E-state index is 13.7. The van der Waals surface area contributed by atoms with Crippen LogP contribution in [0.4, 0.5) is 4.39 Å². The Morgan fingerprint density at radius 3 is 2.83 bits per heavy atom. The van der Waals surface area contributed by atoms with Gasteiger partial charge in [-0.25, -0.2) is 9.37 Å². The monoisotopic (exact) mass is 348 g/mol. The summed E-state index contributed by atoms with van der Waals surface area (Å²) in [5.41, 5.74) is 1.33. The summed E-state index contributed by atoms with van der Waals surface area (Å²) in [5.74, 6) is -0.150. The van der Waals surface area contributed by atoms with E-state index in [1.807, 2.05) is 18.0 Å². The third-order valence-corrected chi connectivity index (χ3v) is 4.38. The van der Waals surface area contributed by atoms with Crippen LogP contribution in [0.25, 0.3) is 4.96 Å². The summed E-state index contributed by atoms with van der Waals surface area (Å²) in [5, 5.41) is 5.08. The van der Waals surface area contributed by atoms with Gasteiger partial charge in [0.2, 0.25) is 4.96 Å². The SMILES string of the molecule is COc1ccc(CN(C)Cc2nn3c(=O)cc(C)nc3s2)cc1F. The second-order valence-corrected chi connectivity index (χ2v) is 6.61. The fourth-order valence-corrected chi connectivity index (χ4v) is 3.46. The van der Waals surface area contributed by atoms with Crippen molar-refractivity contribution in [3.8, 4) is 5.75 Å². The molecular formula is C16H17FN4O2S. The Hall–Kier alpha value is -2.32. The van der Waals surface area contributed by atoms with E-state index in [2.05, 4.69) is 10.1 Å². The number of fused-ring (bicyclic) bond motifs is 1. The van der Waals surface area contributed by atoms with Gasteiger partial charge in [0, 0.05) is 18.3 Å². The molecule has 6 nitrogen and oxygen atoms in total. The normalized spacial score (nSPS) is 11.4. The Morgan fingerprint density at radius 2 is 2.12 bits per heavy atom. The molecule has 0 aliphatic heterocycles. The average Bonchev–Trinajstić information content (AvgIpc) is 2.89. The van der Waals surface area contributed by atoms with Gasteiger partial charge >= 0.3 is 0 Å². The van der Waals surface area contributed by atoms with Crippen molar-refractivity contribution in [2.75, 3.05) is 14.2 Å². The van der Waals surface area contributed by atoms with Crippen molar-refractivity contribution < 1.29 is 9.13 Å². The van der Waals surface area contributed by atoms with Crippen LogP contribution in [-0.4, -0.2) is 33.7 Å². The van der Waals surface area contributed by atoms with Crippen LogP contribution in [-0.2, 0) is 13.1 Å². The summed E-state index contributed by atoms with van der Waals surface area (Å²) in [6.45, 7) is 2.88. The lowest BCUT2D eigenvalue weighted by atomic mass is 10.2. The highest BCUT2D eigenvalue weighted by atomic mass is 32.1. The van der Waals surface area contributed by atoms with Gasteiger partial charge in [-0.3, -0.25) is 9.69 Å². The second kappa shape index (κ2) is 6.66. The fourth-order valence-electron chi connectivity index (χ4n) is 2.43. The molecule has 0 radical (unpaired) electrons. The molecule has 0 saturated carbocycles. The molecule has 0 amide bonds. The predicted molar refractivity (Wildman–Crippen MR) is 90.0 cm³/mol. The van der Waals surface area contributed by atoms with Crippen LogP contribution in [0.15, 0.2) is 29.1 Å². The first kappa shape index (κ1) is 16.5. The number of benzene rings is 1. The van der Waals surface area contributed by atoms with Gasteiger partial charge in [-0.2, -0.15) is 9.61 Å². The number of rotatable bonds is 5. The Bertz CT molecular complexity index is 937. The van der Waals surface area contributed by atoms with Crippen LogP contribution in [0.5, 0.6) is 5.75 Å². The molecule has 1 aromatic carbocycles. The lowest BCUT2D eigenvalue weighted by Gasteiger charge is -2.15. The minimum Gasteiger partial charge on any atom is -0.494 e. The first-order chi connectivity index (χ1) is 11.5. The number of nitrogens with zero attached hydrogens (tertiary/aromatic N) is 4. The topological polar surface area (TPSA) is 59.7 Å². The van der Waals surface area contributed by atoms with Crippen molar-refractivity contribution in [2.45, 2.75) is 20.0 Å². The van der Waals surface area contributed by atoms with Crippen LogP contribution in [0.2, 0.25) is 0 Å². The van der Waals surface area contributed by atoms with Crippen molar-refractivity contribution in [1.82, 2.24) is 19.5 Å². The third-order valence-electron chi connectivity index (χ3n) is 3.49. The van der Waals surface area contributed by atoms with Crippen molar-refractivity contribution >= 4 is 16.3 Å². The Labute approximate surface area is 142 Å². The van der Waals surface area contributed by atoms with Crippen molar-refractivity contribution in [1.29, 1.82) is 0 Å². The van der Waals surface area contributed by atoms with Gasteiger partial charge in [0.15, 0.2) is 11.6 Å². The molecule has 3 rings (SSSR count). The van der Waals surface area contributed by atoms with Crippen LogP contribution < -0.4 is 10.3 Å². The summed E-state index contributed by atoms with van der Waals surface area (Å²) in [4.78, 5) is 18.8. The van der Waals surface area contributed by atoms with E-state index in [0.717, 1.165) is 10.6 Å². The molecule has 0 bridgehead atoms. The Balaban J connectivity index is 1.75. The van der Waals surface area contributed by atoms with Gasteiger partial charge in [-0.15, -0.1) is 0 Å². The molecular weight excluding hydrogens is 331 g/mol. The van der Waals surface area contributed by atoms with Crippen molar-refractivity contribution in [2.24, 2.45) is 0 Å². The lowest BCUT2D eigenvalue weighted by molar-refractivity contribution is 0.316. The van der Waals surface area contributed by atoms with Gasteiger partial charge in [0.25, 0.3) is 5.56 Å². The van der Waals surface area contributed by atoms with E-state index in [4.69, 9.17) is 4.74 Å². The maximum absolute atomic E-state index is 13.7. The molecule has 0 N–H and O–H groups in total. The van der Waals surface area contributed by atoms with E-state index in [0.29, 0.717) is 23.7 Å². The first-order valence-corrected chi connectivity index (χ1v) is 8.15. The number of hydrogen-bond donors (Lipinski definition) is 0. The molecule has 0 spiro atoms. The molecule has 0 fully saturated rings. The molecule has 3 aromatic rings. The van der Waals surface area contributed by atoms with Crippen molar-refractivity contribution in [3.63, 3.8) is 0 Å². The zero-order chi connectivity index (χ0) is 17.3. The molecule has 0 atom stereocenters. The van der Waals surface area contributed by atoms with Gasteiger partial charge in [0.05, 0.1) is 13.7 Å². The predicted octanol–water partition coefficient (Wildman–Crippen LogP) is 2.24. The smallest absolute Gasteiger partial charge is 0.275 e. The van der Waals surface area contributed by atoms with Gasteiger partial charge < -0.3 is 4.74 Å². The van der Waals surface area contributed by atoms with E-state index in [9.17, 15) is 9.18 Å². The van der Waals surface area contributed by atoms with Crippen LogP contribution >= 0.6 is 11.3 Å². The van der Waals surface area contributed by atoms with Crippen LogP contribution in [0.1, 0.15) is 16.3 Å². The second-order valence-electron chi connectivity index (χ2n) is 5.57. The number of ether oxygens (including phenoxy) is 1. The van der Waals surface area contributed by atoms with Gasteiger partial charge in [-0.05, 0) is 31.7 Å². The number of hydrogen-bond acceptors (Lipinski definition) is 6. The molecule has 8 heteroatoms. The van der Waals surface area contributed by atoms with Crippen LogP contribution in [0, 0.1) is 12.7 Å². The zero-order valence-corrected chi connectivity index (χ0v) is 14.4. The number of aromatic nitrogens is 3. The largest absolute Gasteiger partial charge is 0.494 e. The molecule has 24 heavy (non-hydrogen) atoms. The van der Waals surface area contributed by atoms with E-state index >= 15 is 0 Å². The van der Waals surface area contributed by atoms with E-state index in [1.54, 1.807) is 13.0 Å². The fraction of sp³-hybridized carbons (Fsp3) is 0.312. The summed E-state index contributed by atoms with van der Waals surface area (Å²) in [6.07, 6.45) is 0. The van der Waals surface area contributed by atoms with E-state index < -0.39 is 0 Å². The highest BCUT2D eigenvalue weighted by Crippen LogP contribution is 2.19. The first-order valence-electron chi connectivity index (χ1n) is 7.33. The molecule has 126 valence electrons. The van der Waals surface area contributed by atoms with Gasteiger partial charge in [-0.1, -0.05) is 17.4 Å². The Morgan fingerprint density at radius 1 is 1.33 bits per heavy atom. The lowest BCUT2D eigenvalue weighted by Crippen LogP contribution is -2.18.